The van der Waals surface area contributed by atoms with Gasteiger partial charge in [-0.2, -0.15) is 14.9 Å². The van der Waals surface area contributed by atoms with Crippen molar-refractivity contribution in [1.82, 2.24) is 14.9 Å². The van der Waals surface area contributed by atoms with Crippen LogP contribution < -0.4 is 9.84 Å². The van der Waals surface area contributed by atoms with Crippen LogP contribution in [0, 0.1) is 14.9 Å². The SMILES string of the molecule is COc1ccc(Cc2n[nH]c(=S)n2/N=C\c2ccc([O-])c([N+](=O)[O-])c2)cc1. The molecule has 10 heteroatoms. The predicted molar refractivity (Wildman–Crippen MR) is 98.7 cm³/mol. The maximum atomic E-state index is 11.5. The summed E-state index contributed by atoms with van der Waals surface area (Å²) < 4.78 is 6.84. The van der Waals surface area contributed by atoms with Crippen molar-refractivity contribution in [3.63, 3.8) is 0 Å². The van der Waals surface area contributed by atoms with Crippen LogP contribution in [0.15, 0.2) is 47.6 Å². The fourth-order valence-corrected chi connectivity index (χ4v) is 2.56. The summed E-state index contributed by atoms with van der Waals surface area (Å²) in [7, 11) is 1.60. The predicted octanol–water partition coefficient (Wildman–Crippen LogP) is 2.40. The molecule has 0 unspecified atom stereocenters. The summed E-state index contributed by atoms with van der Waals surface area (Å²) in [6, 6.07) is 11.2. The molecule has 1 aromatic heterocycles. The van der Waals surface area contributed by atoms with Crippen molar-refractivity contribution in [3.8, 4) is 11.5 Å². The van der Waals surface area contributed by atoms with Gasteiger partial charge in [0.15, 0.2) is 5.82 Å². The molecule has 138 valence electrons. The van der Waals surface area contributed by atoms with Gasteiger partial charge in [0.2, 0.25) is 4.77 Å². The number of benzene rings is 2. The molecule has 9 nitrogen and oxygen atoms in total. The molecular weight excluding hydrogens is 370 g/mol. The second-order valence-corrected chi connectivity index (χ2v) is 5.90. The molecule has 0 spiro atoms. The van der Waals surface area contributed by atoms with E-state index < -0.39 is 16.4 Å². The first-order valence-electron chi connectivity index (χ1n) is 7.77. The fourth-order valence-electron chi connectivity index (χ4n) is 2.37. The third-order valence-corrected chi connectivity index (χ3v) is 4.00. The van der Waals surface area contributed by atoms with Crippen molar-refractivity contribution < 1.29 is 14.8 Å². The number of aromatic nitrogens is 3. The number of aromatic amines is 1. The van der Waals surface area contributed by atoms with E-state index in [1.165, 1.54) is 23.0 Å². The van der Waals surface area contributed by atoms with Crippen LogP contribution in [0.25, 0.3) is 0 Å². The van der Waals surface area contributed by atoms with Crippen LogP contribution in [0.3, 0.4) is 0 Å². The summed E-state index contributed by atoms with van der Waals surface area (Å²) in [5, 5.41) is 33.4. The second kappa shape index (κ2) is 7.79. The minimum absolute atomic E-state index is 0.282. The van der Waals surface area contributed by atoms with Gasteiger partial charge < -0.3 is 9.84 Å². The number of rotatable bonds is 6. The molecule has 3 rings (SSSR count). The van der Waals surface area contributed by atoms with Crippen molar-refractivity contribution in [1.29, 1.82) is 0 Å². The highest BCUT2D eigenvalue weighted by atomic mass is 32.1. The van der Waals surface area contributed by atoms with Crippen molar-refractivity contribution in [2.45, 2.75) is 6.42 Å². The first-order chi connectivity index (χ1) is 13.0. The number of methoxy groups -OCH3 is 1. The van der Waals surface area contributed by atoms with Crippen LogP contribution in [0.4, 0.5) is 5.69 Å². The molecule has 2 aromatic carbocycles. The molecule has 0 aliphatic rings. The lowest BCUT2D eigenvalue weighted by Gasteiger charge is -2.06. The maximum Gasteiger partial charge on any atom is 0.262 e. The molecule has 0 aliphatic carbocycles. The van der Waals surface area contributed by atoms with Gasteiger partial charge in [-0.05, 0) is 35.7 Å². The van der Waals surface area contributed by atoms with Crippen molar-refractivity contribution in [3.05, 3.63) is 74.3 Å². The molecule has 0 saturated carbocycles. The Bertz CT molecular complexity index is 1060. The molecule has 27 heavy (non-hydrogen) atoms. The lowest BCUT2D eigenvalue weighted by molar-refractivity contribution is -0.398. The lowest BCUT2D eigenvalue weighted by Crippen LogP contribution is -2.01. The Hall–Kier alpha value is -3.53. The van der Waals surface area contributed by atoms with Crippen LogP contribution in [0.2, 0.25) is 0 Å². The first kappa shape index (κ1) is 18.3. The third-order valence-electron chi connectivity index (χ3n) is 3.74. The average Bonchev–Trinajstić information content (AvgIpc) is 3.01. The molecule has 0 fully saturated rings. The standard InChI is InChI=1S/C17H15N5O4S/c1-26-13-5-2-11(3-6-13)9-16-19-20-17(27)21(16)18-10-12-4-7-15(23)14(8-12)22(24)25/h2-8,10,23H,9H2,1H3,(H,20,27)/p-1/b18-10-. The van der Waals surface area contributed by atoms with E-state index in [1.54, 1.807) is 7.11 Å². The van der Waals surface area contributed by atoms with Crippen molar-refractivity contribution >= 4 is 24.1 Å². The van der Waals surface area contributed by atoms with Gasteiger partial charge >= 0.3 is 0 Å². The van der Waals surface area contributed by atoms with Gasteiger partial charge in [0.1, 0.15) is 5.75 Å². The summed E-state index contributed by atoms with van der Waals surface area (Å²) in [6.45, 7) is 0. The minimum Gasteiger partial charge on any atom is -0.868 e. The summed E-state index contributed by atoms with van der Waals surface area (Å²) >= 11 is 5.19. The highest BCUT2D eigenvalue weighted by Crippen LogP contribution is 2.23. The fraction of sp³-hybridized carbons (Fsp3) is 0.118. The van der Waals surface area contributed by atoms with Gasteiger partial charge in [0.25, 0.3) is 5.69 Å². The van der Waals surface area contributed by atoms with E-state index >= 15 is 0 Å². The van der Waals surface area contributed by atoms with Gasteiger partial charge in [-0.3, -0.25) is 15.2 Å². The molecule has 0 saturated heterocycles. The number of hydrogen-bond donors (Lipinski definition) is 1. The Morgan fingerprint density at radius 3 is 2.74 bits per heavy atom. The number of H-pyrrole nitrogens is 1. The summed E-state index contributed by atoms with van der Waals surface area (Å²) in [5.74, 6) is 0.660. The van der Waals surface area contributed by atoms with Crippen LogP contribution in [0.5, 0.6) is 11.5 Å². The number of nitrogens with zero attached hydrogens (tertiary/aromatic N) is 4. The average molecular weight is 384 g/mol. The topological polar surface area (TPSA) is 121 Å². The first-order valence-corrected chi connectivity index (χ1v) is 8.18. The van der Waals surface area contributed by atoms with E-state index in [4.69, 9.17) is 17.0 Å². The van der Waals surface area contributed by atoms with Gasteiger partial charge in [-0.15, -0.1) is 0 Å². The highest BCUT2D eigenvalue weighted by molar-refractivity contribution is 7.71. The third kappa shape index (κ3) is 4.18. The van der Waals surface area contributed by atoms with Crippen LogP contribution >= 0.6 is 12.2 Å². The van der Waals surface area contributed by atoms with E-state index in [0.717, 1.165) is 17.4 Å². The molecule has 1 N–H and O–H groups in total. The Balaban J connectivity index is 1.86. The highest BCUT2D eigenvalue weighted by Gasteiger charge is 2.09. The smallest absolute Gasteiger partial charge is 0.262 e. The molecular formula is C17H14N5O4S-. The zero-order valence-corrected chi connectivity index (χ0v) is 15.0. The van der Waals surface area contributed by atoms with Crippen molar-refractivity contribution in [2.75, 3.05) is 7.11 Å². The number of nitro benzene ring substituents is 1. The molecule has 1 heterocycles. The minimum atomic E-state index is -0.724. The van der Waals surface area contributed by atoms with Gasteiger partial charge in [0, 0.05) is 18.1 Å². The summed E-state index contributed by atoms with van der Waals surface area (Å²) in [6.07, 6.45) is 1.85. The van der Waals surface area contributed by atoms with Crippen LogP contribution in [0.1, 0.15) is 17.0 Å². The molecule has 0 bridgehead atoms. The largest absolute Gasteiger partial charge is 0.868 e. The van der Waals surface area contributed by atoms with E-state index in [0.29, 0.717) is 17.8 Å². The summed E-state index contributed by atoms with van der Waals surface area (Å²) in [4.78, 5) is 10.2. The summed E-state index contributed by atoms with van der Waals surface area (Å²) in [5.41, 5.74) is 0.876. The van der Waals surface area contributed by atoms with Gasteiger partial charge in [0.05, 0.1) is 18.2 Å². The van der Waals surface area contributed by atoms with E-state index in [9.17, 15) is 15.2 Å². The quantitative estimate of drug-likeness (QED) is 0.301. The number of ether oxygens (including phenoxy) is 1. The van der Waals surface area contributed by atoms with Gasteiger partial charge in [-0.25, -0.2) is 0 Å². The van der Waals surface area contributed by atoms with E-state index in [1.807, 2.05) is 24.3 Å². The Morgan fingerprint density at radius 1 is 1.33 bits per heavy atom. The monoisotopic (exact) mass is 384 g/mol. The number of nitrogens with one attached hydrogen (secondary N) is 1. The Labute approximate surface area is 158 Å². The Morgan fingerprint density at radius 2 is 2.07 bits per heavy atom. The zero-order chi connectivity index (χ0) is 19.4. The number of hydrogen-bond acceptors (Lipinski definition) is 7. The van der Waals surface area contributed by atoms with E-state index in [-0.39, 0.29) is 4.77 Å². The maximum absolute atomic E-state index is 11.5. The number of nitro groups is 1. The molecule has 0 amide bonds. The zero-order valence-electron chi connectivity index (χ0n) is 14.2. The van der Waals surface area contributed by atoms with Crippen LogP contribution in [-0.4, -0.2) is 33.1 Å². The lowest BCUT2D eigenvalue weighted by atomic mass is 10.1. The van der Waals surface area contributed by atoms with Crippen LogP contribution in [-0.2, 0) is 6.42 Å². The second-order valence-electron chi connectivity index (χ2n) is 5.51. The normalized spacial score (nSPS) is 11.0. The molecule has 0 atom stereocenters. The van der Waals surface area contributed by atoms with Crippen molar-refractivity contribution in [2.24, 2.45) is 5.10 Å². The van der Waals surface area contributed by atoms with E-state index in [2.05, 4.69) is 15.3 Å². The van der Waals surface area contributed by atoms with Gasteiger partial charge in [-0.1, -0.05) is 24.3 Å². The Kier molecular flexibility index (Phi) is 5.27. The molecule has 0 radical (unpaired) electrons. The molecule has 3 aromatic rings. The molecule has 0 aliphatic heterocycles.